The number of hydrogen-bond acceptors (Lipinski definition) is 8. The first-order chi connectivity index (χ1) is 17.1. The van der Waals surface area contributed by atoms with Crippen LogP contribution in [0.15, 0.2) is 35.8 Å². The van der Waals surface area contributed by atoms with E-state index in [4.69, 9.17) is 4.74 Å². The molecule has 0 saturated heterocycles. The second-order valence-corrected chi connectivity index (χ2v) is 11.6. The van der Waals surface area contributed by atoms with Gasteiger partial charge in [0.1, 0.15) is 11.6 Å². The first kappa shape index (κ1) is 27.9. The van der Waals surface area contributed by atoms with E-state index < -0.39 is 28.7 Å². The Morgan fingerprint density at radius 1 is 1.17 bits per heavy atom. The maximum atomic E-state index is 13.5. The molecule has 2 N–H and O–H groups in total. The maximum absolute atomic E-state index is 13.5. The number of hydrogen-bond donors (Lipinski definition) is 2. The van der Waals surface area contributed by atoms with E-state index in [1.807, 2.05) is 43.5 Å². The van der Waals surface area contributed by atoms with Crippen molar-refractivity contribution in [3.63, 3.8) is 0 Å². The smallest absolute Gasteiger partial charge is 0.328 e. The fourth-order valence-corrected chi connectivity index (χ4v) is 5.85. The normalized spacial score (nSPS) is 16.2. The van der Waals surface area contributed by atoms with Crippen LogP contribution in [-0.2, 0) is 30.3 Å². The van der Waals surface area contributed by atoms with Gasteiger partial charge in [0.25, 0.3) is 0 Å². The molecule has 8 nitrogen and oxygen atoms in total. The van der Waals surface area contributed by atoms with Gasteiger partial charge in [0.05, 0.1) is 22.9 Å². The van der Waals surface area contributed by atoms with E-state index in [2.05, 4.69) is 15.6 Å². The summed E-state index contributed by atoms with van der Waals surface area (Å²) in [5, 5.41) is 6.99. The van der Waals surface area contributed by atoms with E-state index in [1.54, 1.807) is 17.5 Å². The average molecular weight is 532 g/mol. The van der Waals surface area contributed by atoms with Crippen LogP contribution in [0, 0.1) is 5.92 Å². The number of nitrogens with one attached hydrogen (secondary N) is 2. The zero-order chi connectivity index (χ0) is 26.3. The largest absolute Gasteiger partial charge is 0.467 e. The van der Waals surface area contributed by atoms with Crippen molar-refractivity contribution in [2.45, 2.75) is 69.7 Å². The van der Waals surface area contributed by atoms with Crippen LogP contribution < -0.4 is 10.6 Å². The van der Waals surface area contributed by atoms with Crippen molar-refractivity contribution in [3.8, 4) is 10.6 Å². The molecule has 0 unspecified atom stereocenters. The predicted molar refractivity (Wildman–Crippen MR) is 141 cm³/mol. The van der Waals surface area contributed by atoms with Gasteiger partial charge in [-0.15, -0.1) is 11.3 Å². The van der Waals surface area contributed by atoms with Crippen LogP contribution in [0.2, 0.25) is 0 Å². The van der Waals surface area contributed by atoms with Gasteiger partial charge in [0.15, 0.2) is 5.12 Å². The molecule has 0 spiro atoms. The van der Waals surface area contributed by atoms with Gasteiger partial charge in [-0.05, 0) is 41.8 Å². The minimum absolute atomic E-state index is 0.0899. The number of esters is 1. The number of aromatic nitrogens is 1. The van der Waals surface area contributed by atoms with Crippen molar-refractivity contribution < 1.29 is 23.9 Å². The van der Waals surface area contributed by atoms with Gasteiger partial charge in [-0.3, -0.25) is 19.4 Å². The molecule has 2 atom stereocenters. The molecule has 2 aromatic heterocycles. The lowest BCUT2D eigenvalue weighted by Gasteiger charge is -2.32. The quantitative estimate of drug-likeness (QED) is 0.449. The minimum atomic E-state index is -1.13. The van der Waals surface area contributed by atoms with E-state index >= 15 is 0 Å². The molecule has 36 heavy (non-hydrogen) atoms. The standard InChI is InChI=1S/C26H33N3O5S2/c1-16(2)22(36-17(3)30)23(31)29-26(11-5-6-12-26)25(33)28-20(24(32)34-4)14-18-9-10-19(27-15-18)21-8-7-13-35-21/h7-10,13,15-16,20,22H,5-6,11-12,14H2,1-4H3,(H,28,33)(H,29,31)/t20-,22-/m0/s1. The second kappa shape index (κ2) is 12.5. The predicted octanol–water partition coefficient (Wildman–Crippen LogP) is 3.74. The SMILES string of the molecule is COC(=O)[C@H](Cc1ccc(-c2cccs2)nc1)NC(=O)C1(NC(=O)[C@@H](SC(C)=O)C(C)C)CCCC1. The minimum Gasteiger partial charge on any atom is -0.467 e. The molecular weight excluding hydrogens is 498 g/mol. The molecule has 0 aromatic carbocycles. The summed E-state index contributed by atoms with van der Waals surface area (Å²) in [5.41, 5.74) is 0.478. The van der Waals surface area contributed by atoms with Gasteiger partial charge in [0.2, 0.25) is 11.8 Å². The summed E-state index contributed by atoms with van der Waals surface area (Å²) >= 11 is 2.56. The fraction of sp³-hybridized carbons (Fsp3) is 0.500. The molecule has 2 heterocycles. The number of carbonyl (C=O) groups is 4. The molecule has 0 radical (unpaired) electrons. The Kier molecular flexibility index (Phi) is 9.67. The molecule has 1 aliphatic rings. The molecule has 194 valence electrons. The third-order valence-corrected chi connectivity index (χ3v) is 8.48. The van der Waals surface area contributed by atoms with Gasteiger partial charge in [0, 0.05) is 19.5 Å². The summed E-state index contributed by atoms with van der Waals surface area (Å²) in [4.78, 5) is 56.4. The Morgan fingerprint density at radius 2 is 1.89 bits per heavy atom. The topological polar surface area (TPSA) is 114 Å². The number of thiophene rings is 1. The summed E-state index contributed by atoms with van der Waals surface area (Å²) in [5.74, 6) is -1.42. The molecule has 1 aliphatic carbocycles. The van der Waals surface area contributed by atoms with Crippen LogP contribution >= 0.6 is 23.1 Å². The molecule has 2 amide bonds. The summed E-state index contributed by atoms with van der Waals surface area (Å²) in [6.45, 7) is 5.16. The lowest BCUT2D eigenvalue weighted by molar-refractivity contribution is -0.146. The number of pyridine rings is 1. The highest BCUT2D eigenvalue weighted by molar-refractivity contribution is 8.14. The lowest BCUT2D eigenvalue weighted by atomic mass is 9.94. The summed E-state index contributed by atoms with van der Waals surface area (Å²) in [7, 11) is 1.28. The van der Waals surface area contributed by atoms with Gasteiger partial charge in [-0.2, -0.15) is 0 Å². The van der Waals surface area contributed by atoms with Crippen LogP contribution in [0.1, 0.15) is 52.0 Å². The van der Waals surface area contributed by atoms with E-state index in [9.17, 15) is 19.2 Å². The van der Waals surface area contributed by atoms with E-state index in [0.29, 0.717) is 12.8 Å². The first-order valence-corrected chi connectivity index (χ1v) is 13.8. The van der Waals surface area contributed by atoms with Gasteiger partial charge >= 0.3 is 5.97 Å². The van der Waals surface area contributed by atoms with Crippen molar-refractivity contribution in [1.29, 1.82) is 0 Å². The van der Waals surface area contributed by atoms with E-state index in [-0.39, 0.29) is 23.4 Å². The van der Waals surface area contributed by atoms with Crippen molar-refractivity contribution in [2.24, 2.45) is 5.92 Å². The van der Waals surface area contributed by atoms with Crippen LogP contribution in [0.3, 0.4) is 0 Å². The Bertz CT molecular complexity index is 1060. The molecular formula is C26H33N3O5S2. The summed E-state index contributed by atoms with van der Waals surface area (Å²) in [6, 6.07) is 6.77. The molecule has 3 rings (SSSR count). The fourth-order valence-electron chi connectivity index (χ4n) is 4.35. The number of thioether (sulfide) groups is 1. The zero-order valence-electron chi connectivity index (χ0n) is 21.0. The Morgan fingerprint density at radius 3 is 2.42 bits per heavy atom. The van der Waals surface area contributed by atoms with Crippen LogP contribution in [0.25, 0.3) is 10.6 Å². The van der Waals surface area contributed by atoms with Crippen molar-refractivity contribution in [2.75, 3.05) is 7.11 Å². The van der Waals surface area contributed by atoms with Crippen LogP contribution in [-0.4, -0.2) is 51.8 Å². The summed E-state index contributed by atoms with van der Waals surface area (Å²) in [6.07, 6.45) is 4.37. The highest BCUT2D eigenvalue weighted by Crippen LogP contribution is 2.32. The average Bonchev–Trinajstić information content (AvgIpc) is 3.55. The molecule has 10 heteroatoms. The van der Waals surface area contributed by atoms with Gasteiger partial charge < -0.3 is 15.4 Å². The van der Waals surface area contributed by atoms with Crippen molar-refractivity contribution >= 4 is 46.0 Å². The number of nitrogens with zero attached hydrogens (tertiary/aromatic N) is 1. The van der Waals surface area contributed by atoms with Crippen LogP contribution in [0.5, 0.6) is 0 Å². The molecule has 1 fully saturated rings. The Labute approximate surface area is 220 Å². The summed E-state index contributed by atoms with van der Waals surface area (Å²) < 4.78 is 4.96. The maximum Gasteiger partial charge on any atom is 0.328 e. The van der Waals surface area contributed by atoms with Gasteiger partial charge in [-0.1, -0.05) is 50.6 Å². The highest BCUT2D eigenvalue weighted by atomic mass is 32.2. The highest BCUT2D eigenvalue weighted by Gasteiger charge is 2.45. The number of amides is 2. The molecule has 0 aliphatic heterocycles. The zero-order valence-corrected chi connectivity index (χ0v) is 22.7. The second-order valence-electron chi connectivity index (χ2n) is 9.33. The number of carbonyl (C=O) groups excluding carboxylic acids is 4. The Hall–Kier alpha value is -2.72. The first-order valence-electron chi connectivity index (χ1n) is 12.0. The van der Waals surface area contributed by atoms with Crippen molar-refractivity contribution in [1.82, 2.24) is 15.6 Å². The third-order valence-electron chi connectivity index (χ3n) is 6.24. The number of ether oxygens (including phenoxy) is 1. The molecule has 1 saturated carbocycles. The number of rotatable bonds is 10. The third kappa shape index (κ3) is 6.94. The van der Waals surface area contributed by atoms with E-state index in [1.165, 1.54) is 14.0 Å². The lowest BCUT2D eigenvalue weighted by Crippen LogP contribution is -2.61. The Balaban J connectivity index is 1.75. The molecule has 2 aromatic rings. The van der Waals surface area contributed by atoms with Crippen molar-refractivity contribution in [3.05, 3.63) is 41.4 Å². The number of methoxy groups -OCH3 is 1. The van der Waals surface area contributed by atoms with Crippen LogP contribution in [0.4, 0.5) is 0 Å². The van der Waals surface area contributed by atoms with E-state index in [0.717, 1.165) is 40.7 Å². The monoisotopic (exact) mass is 531 g/mol. The van der Waals surface area contributed by atoms with Gasteiger partial charge in [-0.25, -0.2) is 4.79 Å². The molecule has 0 bridgehead atoms.